The number of aliphatic imine (C=N–C) groups is 1. The van der Waals surface area contributed by atoms with Gasteiger partial charge in [-0.15, -0.1) is 0 Å². The summed E-state index contributed by atoms with van der Waals surface area (Å²) in [6, 6.07) is 5.17. The fourth-order valence-electron chi connectivity index (χ4n) is 1.40. The molecule has 0 atom stereocenters. The largest absolute Gasteiger partial charge is 0.497 e. The van der Waals surface area contributed by atoms with E-state index in [0.717, 1.165) is 0 Å². The number of rotatable bonds is 4. The quantitative estimate of drug-likeness (QED) is 0.386. The molecular formula is C14H18N4O2S. The molecule has 0 radical (unpaired) electrons. The highest BCUT2D eigenvalue weighted by Gasteiger charge is 2.11. The average Bonchev–Trinajstić information content (AvgIpc) is 2.48. The molecule has 1 aromatic rings. The lowest BCUT2D eigenvalue weighted by atomic mass is 10.2. The summed E-state index contributed by atoms with van der Waals surface area (Å²) in [5.41, 5.74) is 1.09. The molecule has 2 N–H and O–H groups in total. The number of amides is 1. The van der Waals surface area contributed by atoms with Gasteiger partial charge in [-0.05, 0) is 18.4 Å². The Labute approximate surface area is 128 Å². The van der Waals surface area contributed by atoms with Gasteiger partial charge in [0, 0.05) is 12.0 Å². The van der Waals surface area contributed by atoms with Crippen molar-refractivity contribution in [1.29, 1.82) is 5.26 Å². The van der Waals surface area contributed by atoms with Gasteiger partial charge in [0.1, 0.15) is 5.75 Å². The third-order valence-corrected chi connectivity index (χ3v) is 3.15. The molecule has 21 heavy (non-hydrogen) atoms. The van der Waals surface area contributed by atoms with Crippen molar-refractivity contribution in [2.24, 2.45) is 10.9 Å². The standard InChI is InChI=1S/C14H18N4O2S/c1-9(2)13(19)17-11-6-5-10(20-3)7-12(11)18-14(21-4)16-8-15/h5-7,9H,1-4H3,(H,16,18)(H,17,19). The smallest absolute Gasteiger partial charge is 0.226 e. The number of nitrogens with zero attached hydrogens (tertiary/aromatic N) is 2. The van der Waals surface area contributed by atoms with Crippen LogP contribution in [-0.4, -0.2) is 24.4 Å². The predicted octanol–water partition coefficient (Wildman–Crippen LogP) is 2.71. The molecule has 0 unspecified atom stereocenters. The van der Waals surface area contributed by atoms with Crippen LogP contribution in [0.25, 0.3) is 0 Å². The van der Waals surface area contributed by atoms with E-state index in [1.165, 1.54) is 11.8 Å². The fraction of sp³-hybridized carbons (Fsp3) is 0.357. The molecule has 1 rings (SSSR count). The maximum Gasteiger partial charge on any atom is 0.226 e. The number of carbonyl (C=O) groups is 1. The van der Waals surface area contributed by atoms with Crippen LogP contribution in [0.1, 0.15) is 13.8 Å². The average molecular weight is 306 g/mol. The molecule has 0 aliphatic carbocycles. The fourth-order valence-corrected chi connectivity index (χ4v) is 1.73. The van der Waals surface area contributed by atoms with E-state index >= 15 is 0 Å². The van der Waals surface area contributed by atoms with E-state index < -0.39 is 0 Å². The molecule has 112 valence electrons. The monoisotopic (exact) mass is 306 g/mol. The zero-order chi connectivity index (χ0) is 15.8. The van der Waals surface area contributed by atoms with Crippen molar-refractivity contribution in [1.82, 2.24) is 5.32 Å². The van der Waals surface area contributed by atoms with Crippen LogP contribution in [0.4, 0.5) is 11.4 Å². The van der Waals surface area contributed by atoms with Crippen molar-refractivity contribution >= 4 is 34.2 Å². The molecule has 7 heteroatoms. The van der Waals surface area contributed by atoms with Crippen molar-refractivity contribution in [3.63, 3.8) is 0 Å². The Morgan fingerprint density at radius 3 is 2.71 bits per heavy atom. The predicted molar refractivity (Wildman–Crippen MR) is 85.8 cm³/mol. The topological polar surface area (TPSA) is 86.5 Å². The van der Waals surface area contributed by atoms with Gasteiger partial charge in [-0.3, -0.25) is 10.1 Å². The highest BCUT2D eigenvalue weighted by Crippen LogP contribution is 2.30. The van der Waals surface area contributed by atoms with E-state index in [-0.39, 0.29) is 11.8 Å². The van der Waals surface area contributed by atoms with E-state index in [1.807, 2.05) is 20.0 Å². The summed E-state index contributed by atoms with van der Waals surface area (Å²) < 4.78 is 5.16. The van der Waals surface area contributed by atoms with Crippen LogP contribution in [-0.2, 0) is 4.79 Å². The summed E-state index contributed by atoms with van der Waals surface area (Å²) in [6.45, 7) is 3.62. The Morgan fingerprint density at radius 2 is 2.19 bits per heavy atom. The number of nitriles is 1. The highest BCUT2D eigenvalue weighted by atomic mass is 32.2. The molecule has 0 heterocycles. The van der Waals surface area contributed by atoms with Crippen molar-refractivity contribution < 1.29 is 9.53 Å². The van der Waals surface area contributed by atoms with Gasteiger partial charge in [-0.25, -0.2) is 4.99 Å². The molecule has 0 bridgehead atoms. The van der Waals surface area contributed by atoms with Crippen molar-refractivity contribution in [2.75, 3.05) is 18.7 Å². The summed E-state index contributed by atoms with van der Waals surface area (Å²) in [7, 11) is 1.55. The van der Waals surface area contributed by atoms with E-state index in [2.05, 4.69) is 15.6 Å². The first-order valence-corrected chi connectivity index (χ1v) is 7.51. The Balaban J connectivity index is 3.19. The lowest BCUT2D eigenvalue weighted by molar-refractivity contribution is -0.118. The summed E-state index contributed by atoms with van der Waals surface area (Å²) in [4.78, 5) is 16.2. The van der Waals surface area contributed by atoms with Crippen LogP contribution in [0.3, 0.4) is 0 Å². The molecule has 6 nitrogen and oxygen atoms in total. The molecule has 0 spiro atoms. The van der Waals surface area contributed by atoms with Crippen LogP contribution < -0.4 is 15.4 Å². The minimum Gasteiger partial charge on any atom is -0.497 e. The van der Waals surface area contributed by atoms with Crippen molar-refractivity contribution in [3.8, 4) is 11.9 Å². The zero-order valence-corrected chi connectivity index (χ0v) is 13.2. The van der Waals surface area contributed by atoms with E-state index in [4.69, 9.17) is 10.00 Å². The van der Waals surface area contributed by atoms with Gasteiger partial charge >= 0.3 is 0 Å². The van der Waals surface area contributed by atoms with Gasteiger partial charge < -0.3 is 10.1 Å². The first kappa shape index (κ1) is 16.9. The number of methoxy groups -OCH3 is 1. The van der Waals surface area contributed by atoms with Crippen molar-refractivity contribution in [3.05, 3.63) is 18.2 Å². The summed E-state index contributed by atoms with van der Waals surface area (Å²) in [5.74, 6) is 0.380. The summed E-state index contributed by atoms with van der Waals surface area (Å²) in [5, 5.41) is 14.4. The SMILES string of the molecule is COc1ccc(NC(=O)C(C)C)c(N=C(NC#N)SC)c1. The molecule has 1 aromatic carbocycles. The van der Waals surface area contributed by atoms with E-state index in [0.29, 0.717) is 22.3 Å². The van der Waals surface area contributed by atoms with Crippen LogP contribution in [0.15, 0.2) is 23.2 Å². The molecule has 0 aromatic heterocycles. The molecule has 0 fully saturated rings. The lowest BCUT2D eigenvalue weighted by Gasteiger charge is -2.12. The summed E-state index contributed by atoms with van der Waals surface area (Å²) in [6.07, 6.45) is 3.63. The van der Waals surface area contributed by atoms with Gasteiger partial charge in [-0.1, -0.05) is 25.6 Å². The van der Waals surface area contributed by atoms with Crippen LogP contribution in [0, 0.1) is 17.4 Å². The number of benzene rings is 1. The maximum atomic E-state index is 11.8. The minimum absolute atomic E-state index is 0.101. The second-order valence-electron chi connectivity index (χ2n) is 4.38. The molecule has 1 amide bonds. The lowest BCUT2D eigenvalue weighted by Crippen LogP contribution is -2.18. The second kappa shape index (κ2) is 8.17. The van der Waals surface area contributed by atoms with Crippen LogP contribution in [0.5, 0.6) is 5.75 Å². The molecular weight excluding hydrogens is 288 g/mol. The molecule has 0 aliphatic heterocycles. The normalized spacial score (nSPS) is 11.0. The maximum absolute atomic E-state index is 11.8. The molecule has 0 saturated carbocycles. The van der Waals surface area contributed by atoms with Gasteiger partial charge in [0.05, 0.1) is 18.5 Å². The third kappa shape index (κ3) is 5.00. The number of hydrogen-bond donors (Lipinski definition) is 2. The number of carbonyl (C=O) groups excluding carboxylic acids is 1. The number of ether oxygens (including phenoxy) is 1. The summed E-state index contributed by atoms with van der Waals surface area (Å²) >= 11 is 1.30. The first-order chi connectivity index (χ1) is 10.0. The number of thioether (sulfide) groups is 1. The van der Waals surface area contributed by atoms with Crippen LogP contribution >= 0.6 is 11.8 Å². The van der Waals surface area contributed by atoms with E-state index in [1.54, 1.807) is 31.6 Å². The zero-order valence-electron chi connectivity index (χ0n) is 12.4. The van der Waals surface area contributed by atoms with Gasteiger partial charge in [0.2, 0.25) is 5.91 Å². The van der Waals surface area contributed by atoms with Crippen LogP contribution in [0.2, 0.25) is 0 Å². The second-order valence-corrected chi connectivity index (χ2v) is 5.18. The molecule has 0 aliphatic rings. The Morgan fingerprint density at radius 1 is 1.48 bits per heavy atom. The molecule has 0 saturated heterocycles. The minimum atomic E-state index is -0.138. The third-order valence-electron chi connectivity index (χ3n) is 2.57. The number of hydrogen-bond acceptors (Lipinski definition) is 5. The van der Waals surface area contributed by atoms with Crippen molar-refractivity contribution in [2.45, 2.75) is 13.8 Å². The Hall–Kier alpha value is -2.20. The van der Waals surface area contributed by atoms with E-state index in [9.17, 15) is 4.79 Å². The number of anilines is 1. The van der Waals surface area contributed by atoms with Gasteiger partial charge in [-0.2, -0.15) is 5.26 Å². The number of amidine groups is 1. The first-order valence-electron chi connectivity index (χ1n) is 6.28. The van der Waals surface area contributed by atoms with Gasteiger partial charge in [0.25, 0.3) is 0 Å². The van der Waals surface area contributed by atoms with Gasteiger partial charge in [0.15, 0.2) is 11.4 Å². The number of nitrogens with one attached hydrogen (secondary N) is 2. The highest BCUT2D eigenvalue weighted by molar-refractivity contribution is 8.13. The Kier molecular flexibility index (Phi) is 6.56. The Bertz CT molecular complexity index is 579.